The molecule has 17 heavy (non-hydrogen) atoms. The van der Waals surface area contributed by atoms with E-state index in [4.69, 9.17) is 0 Å². The molecule has 1 heterocycles. The van der Waals surface area contributed by atoms with Crippen LogP contribution in [0.2, 0.25) is 0 Å². The number of rotatable bonds is 3. The summed E-state index contributed by atoms with van der Waals surface area (Å²) in [4.78, 5) is 4.05. The molecular formula is C14H15FN2. The maximum Gasteiger partial charge on any atom is 0.146 e. The van der Waals surface area contributed by atoms with Crippen molar-refractivity contribution in [2.75, 3.05) is 5.32 Å². The van der Waals surface area contributed by atoms with Crippen molar-refractivity contribution in [2.24, 2.45) is 0 Å². The number of nitrogens with zero attached hydrogens (tertiary/aromatic N) is 1. The fourth-order valence-corrected chi connectivity index (χ4v) is 1.71. The number of hydrogen-bond acceptors (Lipinski definition) is 2. The zero-order chi connectivity index (χ0) is 12.3. The molecular weight excluding hydrogens is 215 g/mol. The molecule has 0 spiro atoms. The zero-order valence-corrected chi connectivity index (χ0v) is 10.00. The molecule has 88 valence electrons. The van der Waals surface area contributed by atoms with E-state index in [0.717, 1.165) is 23.2 Å². The van der Waals surface area contributed by atoms with Crippen molar-refractivity contribution in [3.8, 4) is 0 Å². The van der Waals surface area contributed by atoms with Crippen molar-refractivity contribution in [1.29, 1.82) is 0 Å². The van der Waals surface area contributed by atoms with Crippen molar-refractivity contribution in [3.05, 3.63) is 53.6 Å². The normalized spacial score (nSPS) is 10.3. The Hall–Kier alpha value is -1.90. The predicted octanol–water partition coefficient (Wildman–Crippen LogP) is 3.84. The molecule has 0 aliphatic carbocycles. The molecule has 2 nitrogen and oxygen atoms in total. The Morgan fingerprint density at radius 1 is 1.24 bits per heavy atom. The van der Waals surface area contributed by atoms with E-state index in [-0.39, 0.29) is 5.82 Å². The number of aromatic nitrogens is 1. The Labute approximate surface area is 101 Å². The molecule has 0 saturated carbocycles. The number of pyridine rings is 1. The second kappa shape index (κ2) is 4.95. The first kappa shape index (κ1) is 11.6. The van der Waals surface area contributed by atoms with Gasteiger partial charge in [-0.2, -0.15) is 0 Å². The molecule has 0 radical (unpaired) electrons. The van der Waals surface area contributed by atoms with Crippen LogP contribution in [0, 0.1) is 12.7 Å². The largest absolute Gasteiger partial charge is 0.352 e. The Bertz CT molecular complexity index is 523. The maximum absolute atomic E-state index is 13.7. The molecule has 0 aliphatic heterocycles. The van der Waals surface area contributed by atoms with Gasteiger partial charge in [-0.3, -0.25) is 4.98 Å². The second-order valence-electron chi connectivity index (χ2n) is 3.99. The van der Waals surface area contributed by atoms with Gasteiger partial charge in [-0.05, 0) is 42.7 Å². The predicted molar refractivity (Wildman–Crippen MR) is 68.0 cm³/mol. The van der Waals surface area contributed by atoms with Crippen LogP contribution < -0.4 is 5.32 Å². The standard InChI is InChI=1S/C14H15FN2/c1-3-11-6-7-16-9-14(11)17-13-5-4-10(2)8-12(13)15/h4-9,17H,3H2,1-2H3. The van der Waals surface area contributed by atoms with E-state index in [9.17, 15) is 4.39 Å². The number of benzene rings is 1. The van der Waals surface area contributed by atoms with Crippen LogP contribution in [0.15, 0.2) is 36.7 Å². The fraction of sp³-hybridized carbons (Fsp3) is 0.214. The van der Waals surface area contributed by atoms with Gasteiger partial charge >= 0.3 is 0 Å². The van der Waals surface area contributed by atoms with Crippen molar-refractivity contribution in [3.63, 3.8) is 0 Å². The molecule has 1 aromatic carbocycles. The number of nitrogens with one attached hydrogen (secondary N) is 1. The van der Waals surface area contributed by atoms with Gasteiger partial charge in [0.2, 0.25) is 0 Å². The summed E-state index contributed by atoms with van der Waals surface area (Å²) in [5.74, 6) is -0.240. The van der Waals surface area contributed by atoms with Crippen LogP contribution >= 0.6 is 0 Å². The third kappa shape index (κ3) is 2.61. The molecule has 3 heteroatoms. The summed E-state index contributed by atoms with van der Waals surface area (Å²) in [6.07, 6.45) is 4.35. The van der Waals surface area contributed by atoms with E-state index in [1.165, 1.54) is 6.07 Å². The van der Waals surface area contributed by atoms with E-state index in [0.29, 0.717) is 5.69 Å². The number of anilines is 2. The molecule has 0 unspecified atom stereocenters. The van der Waals surface area contributed by atoms with Crippen LogP contribution in [0.1, 0.15) is 18.1 Å². The molecule has 0 amide bonds. The van der Waals surface area contributed by atoms with E-state index in [1.807, 2.05) is 19.1 Å². The van der Waals surface area contributed by atoms with E-state index < -0.39 is 0 Å². The summed E-state index contributed by atoms with van der Waals surface area (Å²) >= 11 is 0. The van der Waals surface area contributed by atoms with Gasteiger partial charge in [0.25, 0.3) is 0 Å². The summed E-state index contributed by atoms with van der Waals surface area (Å²) in [6.45, 7) is 3.93. The van der Waals surface area contributed by atoms with E-state index >= 15 is 0 Å². The summed E-state index contributed by atoms with van der Waals surface area (Å²) < 4.78 is 13.7. The van der Waals surface area contributed by atoms with Crippen LogP contribution in [0.3, 0.4) is 0 Å². The molecule has 0 aliphatic rings. The molecule has 1 N–H and O–H groups in total. The number of hydrogen-bond donors (Lipinski definition) is 1. The Kier molecular flexibility index (Phi) is 3.38. The van der Waals surface area contributed by atoms with Gasteiger partial charge in [0, 0.05) is 6.20 Å². The summed E-state index contributed by atoms with van der Waals surface area (Å²) in [7, 11) is 0. The number of halogens is 1. The third-order valence-corrected chi connectivity index (χ3v) is 2.69. The van der Waals surface area contributed by atoms with Gasteiger partial charge in [-0.25, -0.2) is 4.39 Å². The first-order chi connectivity index (χ1) is 8.20. The van der Waals surface area contributed by atoms with Crippen molar-refractivity contribution in [2.45, 2.75) is 20.3 Å². The first-order valence-corrected chi connectivity index (χ1v) is 5.66. The topological polar surface area (TPSA) is 24.9 Å². The van der Waals surface area contributed by atoms with Crippen LogP contribution in [-0.2, 0) is 6.42 Å². The lowest BCUT2D eigenvalue weighted by molar-refractivity contribution is 0.630. The highest BCUT2D eigenvalue weighted by molar-refractivity contribution is 5.62. The van der Waals surface area contributed by atoms with E-state index in [1.54, 1.807) is 18.5 Å². The lowest BCUT2D eigenvalue weighted by Crippen LogP contribution is -1.98. The van der Waals surface area contributed by atoms with Crippen LogP contribution in [0.4, 0.5) is 15.8 Å². The SMILES string of the molecule is CCc1ccncc1Nc1ccc(C)cc1F. The van der Waals surface area contributed by atoms with Crippen LogP contribution in [-0.4, -0.2) is 4.98 Å². The van der Waals surface area contributed by atoms with Crippen molar-refractivity contribution in [1.82, 2.24) is 4.98 Å². The van der Waals surface area contributed by atoms with Gasteiger partial charge in [-0.15, -0.1) is 0 Å². The Balaban J connectivity index is 2.31. The lowest BCUT2D eigenvalue weighted by atomic mass is 10.1. The van der Waals surface area contributed by atoms with Gasteiger partial charge in [0.05, 0.1) is 17.6 Å². The molecule has 0 fully saturated rings. The van der Waals surface area contributed by atoms with Crippen LogP contribution in [0.25, 0.3) is 0 Å². The van der Waals surface area contributed by atoms with Gasteiger partial charge < -0.3 is 5.32 Å². The Morgan fingerprint density at radius 3 is 2.76 bits per heavy atom. The minimum absolute atomic E-state index is 0.240. The average Bonchev–Trinajstić information content (AvgIpc) is 2.33. The van der Waals surface area contributed by atoms with Crippen molar-refractivity contribution >= 4 is 11.4 Å². The monoisotopic (exact) mass is 230 g/mol. The summed E-state index contributed by atoms with van der Waals surface area (Å²) in [6, 6.07) is 7.09. The lowest BCUT2D eigenvalue weighted by Gasteiger charge is -2.11. The molecule has 1 aromatic heterocycles. The van der Waals surface area contributed by atoms with Gasteiger partial charge in [-0.1, -0.05) is 13.0 Å². The molecule has 2 aromatic rings. The molecule has 0 bridgehead atoms. The van der Waals surface area contributed by atoms with Crippen LogP contribution in [0.5, 0.6) is 0 Å². The van der Waals surface area contributed by atoms with Crippen molar-refractivity contribution < 1.29 is 4.39 Å². The Morgan fingerprint density at radius 2 is 2.06 bits per heavy atom. The number of aryl methyl sites for hydroxylation is 2. The second-order valence-corrected chi connectivity index (χ2v) is 3.99. The summed E-state index contributed by atoms with van der Waals surface area (Å²) in [5, 5.41) is 3.08. The molecule has 2 rings (SSSR count). The highest BCUT2D eigenvalue weighted by Crippen LogP contribution is 2.23. The minimum atomic E-state index is -0.240. The fourth-order valence-electron chi connectivity index (χ4n) is 1.71. The quantitative estimate of drug-likeness (QED) is 0.866. The molecule has 0 atom stereocenters. The zero-order valence-electron chi connectivity index (χ0n) is 10.00. The molecule has 0 saturated heterocycles. The smallest absolute Gasteiger partial charge is 0.146 e. The third-order valence-electron chi connectivity index (χ3n) is 2.69. The average molecular weight is 230 g/mol. The highest BCUT2D eigenvalue weighted by Gasteiger charge is 2.05. The highest BCUT2D eigenvalue weighted by atomic mass is 19.1. The summed E-state index contributed by atoms with van der Waals surface area (Å²) in [5.41, 5.74) is 3.38. The van der Waals surface area contributed by atoms with E-state index in [2.05, 4.69) is 17.2 Å². The van der Waals surface area contributed by atoms with Gasteiger partial charge in [0.1, 0.15) is 5.82 Å². The minimum Gasteiger partial charge on any atom is -0.352 e. The maximum atomic E-state index is 13.7. The van der Waals surface area contributed by atoms with Gasteiger partial charge in [0.15, 0.2) is 0 Å². The first-order valence-electron chi connectivity index (χ1n) is 5.66.